The zero-order chi connectivity index (χ0) is 20.6. The van der Waals surface area contributed by atoms with E-state index in [0.29, 0.717) is 16.9 Å². The molecule has 0 saturated carbocycles. The summed E-state index contributed by atoms with van der Waals surface area (Å²) < 4.78 is 13.8. The predicted molar refractivity (Wildman–Crippen MR) is 108 cm³/mol. The van der Waals surface area contributed by atoms with Gasteiger partial charge >= 0.3 is 0 Å². The van der Waals surface area contributed by atoms with Crippen LogP contribution in [-0.2, 0) is 15.2 Å². The summed E-state index contributed by atoms with van der Waals surface area (Å²) in [7, 11) is 0. The molecule has 0 aromatic heterocycles. The van der Waals surface area contributed by atoms with Crippen LogP contribution in [0.5, 0.6) is 0 Å². The minimum absolute atomic E-state index is 0.122. The number of nitrogens with zero attached hydrogens (tertiary/aromatic N) is 1. The summed E-state index contributed by atoms with van der Waals surface area (Å²) in [5.41, 5.74) is 0.481. The van der Waals surface area contributed by atoms with Gasteiger partial charge in [0.15, 0.2) is 5.60 Å². The van der Waals surface area contributed by atoms with Crippen molar-refractivity contribution in [2.75, 3.05) is 16.8 Å². The molecule has 2 amide bonds. The number of fused-ring (bicyclic) bond motifs is 1. The zero-order valence-electron chi connectivity index (χ0n) is 15.7. The Labute approximate surface area is 167 Å². The molecule has 0 fully saturated rings. The quantitative estimate of drug-likeness (QED) is 0.718. The number of carbonyl (C=O) groups is 2. The number of benzene rings is 3. The Balaban J connectivity index is 1.66. The maximum Gasteiger partial charge on any atom is 0.268 e. The second kappa shape index (κ2) is 7.14. The molecule has 4 rings (SSSR count). The first-order chi connectivity index (χ1) is 13.9. The number of hydrogen-bond acceptors (Lipinski definition) is 3. The third-order valence-corrected chi connectivity index (χ3v) is 5.02. The normalized spacial score (nSPS) is 17.9. The first kappa shape index (κ1) is 18.8. The molecule has 2 N–H and O–H groups in total. The topological polar surface area (TPSA) is 69.6 Å². The Bertz CT molecular complexity index is 1100. The maximum atomic E-state index is 13.8. The second-order valence-corrected chi connectivity index (χ2v) is 7.04. The molecule has 0 bridgehead atoms. The molecule has 0 spiro atoms. The molecule has 3 aromatic carbocycles. The molecule has 0 radical (unpaired) electrons. The van der Waals surface area contributed by atoms with Crippen LogP contribution < -0.4 is 10.2 Å². The van der Waals surface area contributed by atoms with Gasteiger partial charge in [0.1, 0.15) is 12.4 Å². The minimum atomic E-state index is -2.05. The van der Waals surface area contributed by atoms with Crippen LogP contribution in [-0.4, -0.2) is 23.5 Å². The summed E-state index contributed by atoms with van der Waals surface area (Å²) in [6, 6.07) is 19.3. The third-order valence-electron chi connectivity index (χ3n) is 5.02. The van der Waals surface area contributed by atoms with Gasteiger partial charge in [-0.3, -0.25) is 14.5 Å². The van der Waals surface area contributed by atoms with Crippen molar-refractivity contribution in [3.05, 3.63) is 95.3 Å². The molecule has 0 saturated heterocycles. The number of carbonyl (C=O) groups excluding carboxylic acids is 2. The summed E-state index contributed by atoms with van der Waals surface area (Å²) in [5.74, 6) is -1.65. The lowest BCUT2D eigenvalue weighted by Crippen LogP contribution is -2.44. The molecule has 3 aromatic rings. The molecule has 1 aliphatic rings. The molecule has 1 aliphatic heterocycles. The van der Waals surface area contributed by atoms with E-state index in [9.17, 15) is 19.1 Å². The summed E-state index contributed by atoms with van der Waals surface area (Å²) in [4.78, 5) is 27.0. The fraction of sp³-hybridized carbons (Fsp3) is 0.130. The van der Waals surface area contributed by atoms with Crippen LogP contribution in [0.3, 0.4) is 0 Å². The summed E-state index contributed by atoms with van der Waals surface area (Å²) in [6.07, 6.45) is 0. The lowest BCUT2D eigenvalue weighted by Gasteiger charge is -2.23. The molecular formula is C23H19FN2O3. The monoisotopic (exact) mass is 390 g/mol. The Hall–Kier alpha value is -3.51. The number of rotatable bonds is 4. The highest BCUT2D eigenvalue weighted by molar-refractivity contribution is 6.12. The Morgan fingerprint density at radius 3 is 2.52 bits per heavy atom. The Morgan fingerprint density at radius 2 is 1.79 bits per heavy atom. The van der Waals surface area contributed by atoms with Gasteiger partial charge in [-0.1, -0.05) is 48.0 Å². The maximum absolute atomic E-state index is 13.8. The van der Waals surface area contributed by atoms with E-state index >= 15 is 0 Å². The highest BCUT2D eigenvalue weighted by atomic mass is 19.1. The van der Waals surface area contributed by atoms with Crippen molar-refractivity contribution >= 4 is 23.2 Å². The van der Waals surface area contributed by atoms with Gasteiger partial charge in [0.05, 0.1) is 5.69 Å². The van der Waals surface area contributed by atoms with Crippen molar-refractivity contribution < 1.29 is 19.1 Å². The van der Waals surface area contributed by atoms with E-state index in [-0.39, 0.29) is 12.1 Å². The van der Waals surface area contributed by atoms with E-state index < -0.39 is 23.2 Å². The fourth-order valence-corrected chi connectivity index (χ4v) is 3.57. The first-order valence-electron chi connectivity index (χ1n) is 9.16. The van der Waals surface area contributed by atoms with E-state index in [2.05, 4.69) is 5.32 Å². The summed E-state index contributed by atoms with van der Waals surface area (Å²) >= 11 is 0. The average Bonchev–Trinajstić information content (AvgIpc) is 2.93. The SMILES string of the molecule is Cc1ccc(NC(=O)CN2C(=O)[C@@](O)(c3cccc(F)c3)c3ccccc32)cc1. The van der Waals surface area contributed by atoms with Gasteiger partial charge in [-0.25, -0.2) is 4.39 Å². The van der Waals surface area contributed by atoms with E-state index in [0.717, 1.165) is 11.6 Å². The number of para-hydroxylation sites is 1. The van der Waals surface area contributed by atoms with Gasteiger partial charge in [-0.2, -0.15) is 0 Å². The van der Waals surface area contributed by atoms with E-state index in [1.54, 1.807) is 36.4 Å². The summed E-state index contributed by atoms with van der Waals surface area (Å²) in [6.45, 7) is 1.67. The molecule has 29 heavy (non-hydrogen) atoms. The number of hydrogen-bond donors (Lipinski definition) is 2. The highest BCUT2D eigenvalue weighted by Gasteiger charge is 2.51. The van der Waals surface area contributed by atoms with Crippen LogP contribution in [0.25, 0.3) is 0 Å². The van der Waals surface area contributed by atoms with Gasteiger partial charge in [0.2, 0.25) is 5.91 Å². The van der Waals surface area contributed by atoms with Crippen LogP contribution in [0.4, 0.5) is 15.8 Å². The average molecular weight is 390 g/mol. The van der Waals surface area contributed by atoms with Crippen molar-refractivity contribution in [1.29, 1.82) is 0 Å². The van der Waals surface area contributed by atoms with E-state index in [1.807, 2.05) is 19.1 Å². The lowest BCUT2D eigenvalue weighted by molar-refractivity contribution is -0.133. The number of halogens is 1. The van der Waals surface area contributed by atoms with Crippen molar-refractivity contribution in [2.24, 2.45) is 0 Å². The van der Waals surface area contributed by atoms with Crippen molar-refractivity contribution in [3.63, 3.8) is 0 Å². The number of aliphatic hydroxyl groups is 1. The van der Waals surface area contributed by atoms with Gasteiger partial charge in [0, 0.05) is 16.8 Å². The molecule has 0 aliphatic carbocycles. The standard InChI is InChI=1S/C23H19FN2O3/c1-15-9-11-18(12-10-15)25-21(27)14-26-20-8-3-2-7-19(20)23(29,22(26)28)16-5-4-6-17(24)13-16/h2-13,29H,14H2,1H3,(H,25,27)/t23-/m1/s1. The second-order valence-electron chi connectivity index (χ2n) is 7.04. The number of aryl methyl sites for hydroxylation is 1. The highest BCUT2D eigenvalue weighted by Crippen LogP contribution is 2.44. The fourth-order valence-electron chi connectivity index (χ4n) is 3.57. The van der Waals surface area contributed by atoms with Crippen LogP contribution in [0, 0.1) is 12.7 Å². The molecular weight excluding hydrogens is 371 g/mol. The molecule has 6 heteroatoms. The third kappa shape index (κ3) is 3.28. The Kier molecular flexibility index (Phi) is 4.64. The lowest BCUT2D eigenvalue weighted by atomic mass is 9.87. The molecule has 146 valence electrons. The van der Waals surface area contributed by atoms with E-state index in [1.165, 1.54) is 23.1 Å². The number of nitrogens with one attached hydrogen (secondary N) is 1. The van der Waals surface area contributed by atoms with Crippen LogP contribution in [0.15, 0.2) is 72.8 Å². The van der Waals surface area contributed by atoms with Gasteiger partial charge in [-0.15, -0.1) is 0 Å². The van der Waals surface area contributed by atoms with Crippen LogP contribution >= 0.6 is 0 Å². The molecule has 1 atom stereocenters. The Morgan fingerprint density at radius 1 is 1.07 bits per heavy atom. The van der Waals surface area contributed by atoms with Crippen LogP contribution in [0.2, 0.25) is 0 Å². The smallest absolute Gasteiger partial charge is 0.268 e. The van der Waals surface area contributed by atoms with Gasteiger partial charge in [-0.05, 0) is 37.3 Å². The van der Waals surface area contributed by atoms with Gasteiger partial charge in [0.25, 0.3) is 5.91 Å². The van der Waals surface area contributed by atoms with E-state index in [4.69, 9.17) is 0 Å². The van der Waals surface area contributed by atoms with Crippen molar-refractivity contribution in [2.45, 2.75) is 12.5 Å². The largest absolute Gasteiger partial charge is 0.372 e. The number of anilines is 2. The van der Waals surface area contributed by atoms with Crippen LogP contribution in [0.1, 0.15) is 16.7 Å². The van der Waals surface area contributed by atoms with Gasteiger partial charge < -0.3 is 10.4 Å². The van der Waals surface area contributed by atoms with Crippen molar-refractivity contribution in [1.82, 2.24) is 0 Å². The molecule has 0 unspecified atom stereocenters. The van der Waals surface area contributed by atoms with Crippen molar-refractivity contribution in [3.8, 4) is 0 Å². The predicted octanol–water partition coefficient (Wildman–Crippen LogP) is 3.36. The number of amides is 2. The molecule has 5 nitrogen and oxygen atoms in total. The minimum Gasteiger partial charge on any atom is -0.372 e. The molecule has 1 heterocycles. The zero-order valence-corrected chi connectivity index (χ0v) is 15.7. The summed E-state index contributed by atoms with van der Waals surface area (Å²) in [5, 5.41) is 14.1. The first-order valence-corrected chi connectivity index (χ1v) is 9.16.